The molecule has 0 fully saturated rings. The zero-order valence-corrected chi connectivity index (χ0v) is 17.8. The van der Waals surface area contributed by atoms with Crippen LogP contribution in [0.3, 0.4) is 0 Å². The summed E-state index contributed by atoms with van der Waals surface area (Å²) in [6, 6.07) is 14.8. The molecule has 2 aromatic heterocycles. The summed E-state index contributed by atoms with van der Waals surface area (Å²) in [5.74, 6) is 0.154. The highest BCUT2D eigenvalue weighted by Gasteiger charge is 2.17. The number of rotatable bonds is 5. The molecule has 0 aliphatic rings. The van der Waals surface area contributed by atoms with Gasteiger partial charge in [-0.1, -0.05) is 65.3 Å². The molecular weight excluding hydrogens is 433 g/mol. The molecule has 4 rings (SSSR count). The van der Waals surface area contributed by atoms with E-state index < -0.39 is 0 Å². The number of Topliss-reactive ketones (excluding diaryl/α,β-unsaturated/α-hetero) is 1. The predicted molar refractivity (Wildman–Crippen MR) is 117 cm³/mol. The SMILES string of the molecule is Cc1nc2c(SCC(=O)c3ccc(Cl)c(Cl)c3)nnc(-c3ccccc3)c2s1. The summed E-state index contributed by atoms with van der Waals surface area (Å²) in [5.41, 5.74) is 3.10. The van der Waals surface area contributed by atoms with E-state index in [1.807, 2.05) is 37.3 Å². The number of nitrogens with zero attached hydrogens (tertiary/aromatic N) is 3. The number of thiazole rings is 1. The molecule has 0 aliphatic heterocycles. The molecule has 0 saturated heterocycles. The van der Waals surface area contributed by atoms with Gasteiger partial charge in [-0.15, -0.1) is 21.5 Å². The van der Waals surface area contributed by atoms with E-state index in [2.05, 4.69) is 15.2 Å². The van der Waals surface area contributed by atoms with Crippen LogP contribution in [0.25, 0.3) is 21.5 Å². The van der Waals surface area contributed by atoms with E-state index in [0.29, 0.717) is 20.6 Å². The fraction of sp³-hybridized carbons (Fsp3) is 0.100. The van der Waals surface area contributed by atoms with Crippen molar-refractivity contribution in [1.82, 2.24) is 15.2 Å². The van der Waals surface area contributed by atoms with Crippen LogP contribution in [-0.2, 0) is 0 Å². The third-order valence-corrected chi connectivity index (χ3v) is 6.69. The van der Waals surface area contributed by atoms with Crippen molar-refractivity contribution < 1.29 is 4.79 Å². The van der Waals surface area contributed by atoms with Gasteiger partial charge >= 0.3 is 0 Å². The summed E-state index contributed by atoms with van der Waals surface area (Å²) in [4.78, 5) is 17.1. The summed E-state index contributed by atoms with van der Waals surface area (Å²) >= 11 is 14.8. The number of halogens is 2. The number of carbonyl (C=O) groups excluding carboxylic acids is 1. The fourth-order valence-electron chi connectivity index (χ4n) is 2.69. The van der Waals surface area contributed by atoms with Gasteiger partial charge in [-0.3, -0.25) is 4.79 Å². The van der Waals surface area contributed by atoms with E-state index in [0.717, 1.165) is 26.5 Å². The quantitative estimate of drug-likeness (QED) is 0.264. The van der Waals surface area contributed by atoms with Crippen LogP contribution in [0.2, 0.25) is 10.0 Å². The highest BCUT2D eigenvalue weighted by molar-refractivity contribution is 8.00. The maximum absolute atomic E-state index is 12.5. The molecule has 4 nitrogen and oxygen atoms in total. The average Bonchev–Trinajstić information content (AvgIpc) is 3.10. The van der Waals surface area contributed by atoms with E-state index >= 15 is 0 Å². The Balaban J connectivity index is 1.63. The second-order valence-electron chi connectivity index (χ2n) is 5.97. The Bertz CT molecular complexity index is 1180. The summed E-state index contributed by atoms with van der Waals surface area (Å²) in [6.45, 7) is 1.95. The summed E-state index contributed by atoms with van der Waals surface area (Å²) in [7, 11) is 0. The number of aromatic nitrogens is 3. The van der Waals surface area contributed by atoms with Crippen LogP contribution in [-0.4, -0.2) is 26.7 Å². The molecule has 0 radical (unpaired) electrons. The van der Waals surface area contributed by atoms with Gasteiger partial charge in [-0.05, 0) is 25.1 Å². The minimum atomic E-state index is -0.0578. The molecule has 0 aliphatic carbocycles. The zero-order chi connectivity index (χ0) is 19.7. The number of ketones is 1. The molecule has 8 heteroatoms. The minimum Gasteiger partial charge on any atom is -0.293 e. The van der Waals surface area contributed by atoms with Crippen LogP contribution in [0.15, 0.2) is 53.6 Å². The lowest BCUT2D eigenvalue weighted by atomic mass is 10.1. The Kier molecular flexibility index (Phi) is 5.64. The van der Waals surface area contributed by atoms with Gasteiger partial charge < -0.3 is 0 Å². The van der Waals surface area contributed by atoms with E-state index in [-0.39, 0.29) is 11.5 Å². The van der Waals surface area contributed by atoms with Crippen molar-refractivity contribution in [3.05, 3.63) is 69.1 Å². The van der Waals surface area contributed by atoms with Crippen molar-refractivity contribution >= 4 is 62.3 Å². The zero-order valence-electron chi connectivity index (χ0n) is 14.6. The summed E-state index contributed by atoms with van der Waals surface area (Å²) in [5, 5.41) is 11.1. The molecule has 28 heavy (non-hydrogen) atoms. The van der Waals surface area contributed by atoms with E-state index in [4.69, 9.17) is 23.2 Å². The second kappa shape index (κ2) is 8.17. The maximum atomic E-state index is 12.5. The van der Waals surface area contributed by atoms with Crippen molar-refractivity contribution in [2.45, 2.75) is 11.9 Å². The molecule has 140 valence electrons. The lowest BCUT2D eigenvalue weighted by Gasteiger charge is -2.05. The standard InChI is InChI=1S/C20H13Cl2N3OS2/c1-11-23-18-19(28-11)17(12-5-3-2-4-6-12)24-25-20(18)27-10-16(26)13-7-8-14(21)15(22)9-13/h2-9H,10H2,1H3. The van der Waals surface area contributed by atoms with Gasteiger partial charge in [0.15, 0.2) is 5.78 Å². The molecule has 0 N–H and O–H groups in total. The Morgan fingerprint density at radius 3 is 2.61 bits per heavy atom. The molecule has 2 heterocycles. The first-order valence-corrected chi connectivity index (χ1v) is 10.9. The van der Waals surface area contributed by atoms with Gasteiger partial charge in [0, 0.05) is 11.1 Å². The van der Waals surface area contributed by atoms with Crippen LogP contribution in [0.5, 0.6) is 0 Å². The summed E-state index contributed by atoms with van der Waals surface area (Å²) in [6.07, 6.45) is 0. The first kappa shape index (κ1) is 19.3. The van der Waals surface area contributed by atoms with Crippen LogP contribution < -0.4 is 0 Å². The maximum Gasteiger partial charge on any atom is 0.173 e. The number of hydrogen-bond acceptors (Lipinski definition) is 6. The molecular formula is C20H13Cl2N3OS2. The first-order valence-electron chi connectivity index (χ1n) is 8.33. The largest absolute Gasteiger partial charge is 0.293 e. The predicted octanol–water partition coefficient (Wildman–Crippen LogP) is 6.34. The Labute approximate surface area is 179 Å². The van der Waals surface area contributed by atoms with Crippen LogP contribution in [0.4, 0.5) is 0 Å². The van der Waals surface area contributed by atoms with Gasteiger partial charge in [0.05, 0.1) is 25.5 Å². The van der Waals surface area contributed by atoms with Gasteiger partial charge in [-0.2, -0.15) is 0 Å². The Morgan fingerprint density at radius 2 is 1.86 bits per heavy atom. The normalized spacial score (nSPS) is 11.1. The van der Waals surface area contributed by atoms with Gasteiger partial charge in [0.1, 0.15) is 16.2 Å². The van der Waals surface area contributed by atoms with Crippen LogP contribution in [0, 0.1) is 6.92 Å². The van der Waals surface area contributed by atoms with Crippen molar-refractivity contribution in [3.8, 4) is 11.3 Å². The van der Waals surface area contributed by atoms with Crippen molar-refractivity contribution in [2.24, 2.45) is 0 Å². The summed E-state index contributed by atoms with van der Waals surface area (Å²) < 4.78 is 0.975. The van der Waals surface area contributed by atoms with Crippen molar-refractivity contribution in [1.29, 1.82) is 0 Å². The van der Waals surface area contributed by atoms with Gasteiger partial charge in [-0.25, -0.2) is 4.98 Å². The molecule has 0 spiro atoms. The second-order valence-corrected chi connectivity index (χ2v) is 8.95. The minimum absolute atomic E-state index is 0.0578. The number of fused-ring (bicyclic) bond motifs is 1. The number of carbonyl (C=O) groups is 1. The van der Waals surface area contributed by atoms with Gasteiger partial charge in [0.2, 0.25) is 0 Å². The Morgan fingerprint density at radius 1 is 1.07 bits per heavy atom. The van der Waals surface area contributed by atoms with Crippen molar-refractivity contribution in [3.63, 3.8) is 0 Å². The number of thioether (sulfide) groups is 1. The molecule has 4 aromatic rings. The lowest BCUT2D eigenvalue weighted by molar-refractivity contribution is 0.102. The van der Waals surface area contributed by atoms with E-state index in [9.17, 15) is 4.79 Å². The average molecular weight is 446 g/mol. The topological polar surface area (TPSA) is 55.7 Å². The highest BCUT2D eigenvalue weighted by atomic mass is 35.5. The third-order valence-electron chi connectivity index (χ3n) is 4.02. The molecule has 0 atom stereocenters. The Hall–Kier alpha value is -1.99. The van der Waals surface area contributed by atoms with Crippen molar-refractivity contribution in [2.75, 3.05) is 5.75 Å². The highest BCUT2D eigenvalue weighted by Crippen LogP contribution is 2.35. The smallest absolute Gasteiger partial charge is 0.173 e. The number of hydrogen-bond donors (Lipinski definition) is 0. The van der Waals surface area contributed by atoms with Crippen LogP contribution in [0.1, 0.15) is 15.4 Å². The molecule has 2 aromatic carbocycles. The lowest BCUT2D eigenvalue weighted by Crippen LogP contribution is -2.03. The molecule has 0 amide bonds. The molecule has 0 bridgehead atoms. The number of aryl methyl sites for hydroxylation is 1. The monoisotopic (exact) mass is 445 g/mol. The van der Waals surface area contributed by atoms with E-state index in [1.165, 1.54) is 11.8 Å². The van der Waals surface area contributed by atoms with Crippen LogP contribution >= 0.6 is 46.3 Å². The third kappa shape index (κ3) is 3.91. The fourth-order valence-corrected chi connectivity index (χ4v) is 4.80. The first-order chi connectivity index (χ1) is 13.5. The van der Waals surface area contributed by atoms with E-state index in [1.54, 1.807) is 29.5 Å². The molecule has 0 saturated carbocycles. The van der Waals surface area contributed by atoms with Gasteiger partial charge in [0.25, 0.3) is 0 Å². The molecule has 0 unspecified atom stereocenters. The number of benzene rings is 2.